The van der Waals surface area contributed by atoms with Crippen LogP contribution in [0.3, 0.4) is 0 Å². The summed E-state index contributed by atoms with van der Waals surface area (Å²) in [6.07, 6.45) is 1.81. The van der Waals surface area contributed by atoms with Crippen molar-refractivity contribution in [3.05, 3.63) is 54.1 Å². The molecule has 1 aromatic heterocycles. The van der Waals surface area contributed by atoms with Gasteiger partial charge in [-0.05, 0) is 24.3 Å². The van der Waals surface area contributed by atoms with Crippen molar-refractivity contribution in [2.45, 2.75) is 6.42 Å². The van der Waals surface area contributed by atoms with Crippen molar-refractivity contribution in [3.63, 3.8) is 0 Å². The van der Waals surface area contributed by atoms with Gasteiger partial charge in [0.05, 0.1) is 11.4 Å². The molecule has 0 aliphatic heterocycles. The molecule has 1 aromatic carbocycles. The lowest BCUT2D eigenvalue weighted by molar-refractivity contribution is 0.469. The summed E-state index contributed by atoms with van der Waals surface area (Å²) in [5.74, 6) is -1.30. The van der Waals surface area contributed by atoms with Crippen LogP contribution in [0, 0.1) is 5.82 Å². The Morgan fingerprint density at radius 1 is 1.25 bits per heavy atom. The first-order chi connectivity index (χ1) is 9.46. The number of aromatic nitrogens is 1. The lowest BCUT2D eigenvalue weighted by atomic mass is 10.3. The number of phenolic OH excluding ortho intramolecular Hbond substituents is 1. The largest absolute Gasteiger partial charge is 0.508 e. The number of aromatic hydroxyl groups is 1. The van der Waals surface area contributed by atoms with Crippen molar-refractivity contribution in [1.82, 2.24) is 4.98 Å². The molecule has 0 saturated carbocycles. The number of sulfonamides is 1. The van der Waals surface area contributed by atoms with Crippen LogP contribution in [0.5, 0.6) is 5.75 Å². The number of phenols is 1. The normalized spacial score (nSPS) is 11.2. The van der Waals surface area contributed by atoms with Crippen molar-refractivity contribution in [3.8, 4) is 5.75 Å². The lowest BCUT2D eigenvalue weighted by Crippen LogP contribution is -2.19. The summed E-state index contributed by atoms with van der Waals surface area (Å²) in [5.41, 5.74) is 0.452. The molecule has 7 heteroatoms. The van der Waals surface area contributed by atoms with Gasteiger partial charge in [-0.15, -0.1) is 0 Å². The van der Waals surface area contributed by atoms with Gasteiger partial charge < -0.3 is 5.11 Å². The highest BCUT2D eigenvalue weighted by Crippen LogP contribution is 2.20. The summed E-state index contributed by atoms with van der Waals surface area (Å²) in [6, 6.07) is 8.44. The number of nitrogens with zero attached hydrogens (tertiary/aromatic N) is 1. The number of hydrogen-bond donors (Lipinski definition) is 2. The third-order valence-corrected chi connectivity index (χ3v) is 3.84. The summed E-state index contributed by atoms with van der Waals surface area (Å²) >= 11 is 0. The second kappa shape index (κ2) is 5.87. The predicted octanol–water partition coefficient (Wildman–Crippen LogP) is 1.91. The number of benzene rings is 1. The molecule has 0 spiro atoms. The first-order valence-electron chi connectivity index (χ1n) is 5.85. The smallest absolute Gasteiger partial charge is 0.233 e. The van der Waals surface area contributed by atoms with Crippen LogP contribution >= 0.6 is 0 Å². The van der Waals surface area contributed by atoms with Crippen LogP contribution in [0.25, 0.3) is 0 Å². The zero-order valence-corrected chi connectivity index (χ0v) is 11.3. The number of halogens is 1. The fourth-order valence-electron chi connectivity index (χ4n) is 1.59. The Balaban J connectivity index is 2.04. The molecule has 0 saturated heterocycles. The topological polar surface area (TPSA) is 79.3 Å². The maximum absolute atomic E-state index is 13.4. The van der Waals surface area contributed by atoms with E-state index in [1.165, 1.54) is 12.1 Å². The van der Waals surface area contributed by atoms with Gasteiger partial charge in [-0.1, -0.05) is 6.07 Å². The van der Waals surface area contributed by atoms with E-state index in [4.69, 9.17) is 5.11 Å². The molecular weight excluding hydrogens is 283 g/mol. The first-order valence-corrected chi connectivity index (χ1v) is 7.50. The van der Waals surface area contributed by atoms with E-state index >= 15 is 0 Å². The van der Waals surface area contributed by atoms with Crippen LogP contribution in [0.15, 0.2) is 42.6 Å². The summed E-state index contributed by atoms with van der Waals surface area (Å²) < 4.78 is 39.3. The Bertz CT molecular complexity index is 690. The minimum atomic E-state index is -3.68. The van der Waals surface area contributed by atoms with Crippen LogP contribution < -0.4 is 4.72 Å². The first kappa shape index (κ1) is 14.3. The molecule has 106 valence electrons. The molecule has 0 amide bonds. The van der Waals surface area contributed by atoms with Gasteiger partial charge in [-0.3, -0.25) is 9.71 Å². The molecule has 2 N–H and O–H groups in total. The Kier molecular flexibility index (Phi) is 4.19. The van der Waals surface area contributed by atoms with E-state index < -0.39 is 15.8 Å². The van der Waals surface area contributed by atoms with Gasteiger partial charge in [0.1, 0.15) is 5.75 Å². The Morgan fingerprint density at radius 2 is 2.05 bits per heavy atom. The number of aryl methyl sites for hydroxylation is 1. The SMILES string of the molecule is O=S(=O)(CCc1ccccn1)Nc1ccc(O)cc1F. The van der Waals surface area contributed by atoms with E-state index in [0.717, 1.165) is 6.07 Å². The van der Waals surface area contributed by atoms with Gasteiger partial charge in [0, 0.05) is 24.4 Å². The fourth-order valence-corrected chi connectivity index (χ4v) is 2.67. The van der Waals surface area contributed by atoms with Crippen molar-refractivity contribution in [2.75, 3.05) is 10.5 Å². The molecule has 0 radical (unpaired) electrons. The highest BCUT2D eigenvalue weighted by molar-refractivity contribution is 7.92. The average molecular weight is 296 g/mol. The standard InChI is InChI=1S/C13H13FN2O3S/c14-12-9-11(17)4-5-13(12)16-20(18,19)8-6-10-3-1-2-7-15-10/h1-5,7,9,16-17H,6,8H2. The third kappa shape index (κ3) is 3.92. The number of rotatable bonds is 5. The minimum Gasteiger partial charge on any atom is -0.508 e. The number of nitrogens with one attached hydrogen (secondary N) is 1. The van der Waals surface area contributed by atoms with Gasteiger partial charge in [-0.2, -0.15) is 0 Å². The average Bonchev–Trinajstić information content (AvgIpc) is 2.41. The number of hydrogen-bond acceptors (Lipinski definition) is 4. The maximum atomic E-state index is 13.4. The van der Waals surface area contributed by atoms with Crippen LogP contribution in [-0.4, -0.2) is 24.3 Å². The number of pyridine rings is 1. The van der Waals surface area contributed by atoms with E-state index in [2.05, 4.69) is 9.71 Å². The molecule has 0 unspecified atom stereocenters. The van der Waals surface area contributed by atoms with E-state index in [-0.39, 0.29) is 23.6 Å². The van der Waals surface area contributed by atoms with Gasteiger partial charge in [-0.25, -0.2) is 12.8 Å². The minimum absolute atomic E-state index is 0.191. The predicted molar refractivity (Wildman–Crippen MR) is 73.4 cm³/mol. The molecule has 0 aliphatic rings. The van der Waals surface area contributed by atoms with Gasteiger partial charge in [0.2, 0.25) is 10.0 Å². The quantitative estimate of drug-likeness (QED) is 0.826. The van der Waals surface area contributed by atoms with Gasteiger partial charge >= 0.3 is 0 Å². The van der Waals surface area contributed by atoms with Crippen molar-refractivity contribution < 1.29 is 17.9 Å². The van der Waals surface area contributed by atoms with Crippen LogP contribution in [0.2, 0.25) is 0 Å². The van der Waals surface area contributed by atoms with Crippen molar-refractivity contribution in [1.29, 1.82) is 0 Å². The Morgan fingerprint density at radius 3 is 2.70 bits per heavy atom. The summed E-state index contributed by atoms with van der Waals surface area (Å²) in [4.78, 5) is 4.02. The Labute approximate surface area is 116 Å². The molecule has 5 nitrogen and oxygen atoms in total. The monoisotopic (exact) mass is 296 g/mol. The van der Waals surface area contributed by atoms with E-state index in [9.17, 15) is 12.8 Å². The molecule has 2 aromatic rings. The molecule has 20 heavy (non-hydrogen) atoms. The number of anilines is 1. The van der Waals surface area contributed by atoms with E-state index in [1.54, 1.807) is 24.4 Å². The molecule has 1 heterocycles. The molecule has 0 fully saturated rings. The van der Waals surface area contributed by atoms with Gasteiger partial charge in [0.15, 0.2) is 5.82 Å². The van der Waals surface area contributed by atoms with Crippen LogP contribution in [0.4, 0.5) is 10.1 Å². The third-order valence-electron chi connectivity index (χ3n) is 2.57. The molecular formula is C13H13FN2O3S. The zero-order valence-electron chi connectivity index (χ0n) is 10.5. The van der Waals surface area contributed by atoms with Gasteiger partial charge in [0.25, 0.3) is 0 Å². The molecule has 2 rings (SSSR count). The van der Waals surface area contributed by atoms with Crippen molar-refractivity contribution >= 4 is 15.7 Å². The molecule has 0 atom stereocenters. The fraction of sp³-hybridized carbons (Fsp3) is 0.154. The van der Waals surface area contributed by atoms with Crippen molar-refractivity contribution in [2.24, 2.45) is 0 Å². The Hall–Kier alpha value is -2.15. The van der Waals surface area contributed by atoms with E-state index in [1.807, 2.05) is 0 Å². The second-order valence-corrected chi connectivity index (χ2v) is 6.00. The molecule has 0 aliphatic carbocycles. The van der Waals surface area contributed by atoms with Crippen LogP contribution in [0.1, 0.15) is 5.69 Å². The second-order valence-electron chi connectivity index (χ2n) is 4.16. The summed E-state index contributed by atoms with van der Waals surface area (Å²) in [7, 11) is -3.68. The van der Waals surface area contributed by atoms with Crippen LogP contribution in [-0.2, 0) is 16.4 Å². The summed E-state index contributed by atoms with van der Waals surface area (Å²) in [5, 5.41) is 9.06. The van der Waals surface area contributed by atoms with E-state index in [0.29, 0.717) is 5.69 Å². The summed E-state index contributed by atoms with van der Waals surface area (Å²) in [6.45, 7) is 0. The zero-order chi connectivity index (χ0) is 14.6. The highest BCUT2D eigenvalue weighted by Gasteiger charge is 2.14. The lowest BCUT2D eigenvalue weighted by Gasteiger charge is -2.08. The highest BCUT2D eigenvalue weighted by atomic mass is 32.2. The molecule has 0 bridgehead atoms. The maximum Gasteiger partial charge on any atom is 0.233 e.